The number of nitrogens with one attached hydrogen (secondary N) is 2. The third-order valence-corrected chi connectivity index (χ3v) is 7.91. The summed E-state index contributed by atoms with van der Waals surface area (Å²) in [5.74, 6) is 1.48. The third-order valence-electron chi connectivity index (χ3n) is 7.07. The summed E-state index contributed by atoms with van der Waals surface area (Å²) in [5, 5.41) is 8.28. The Bertz CT molecular complexity index is 1050. The number of aromatic nitrogens is 1. The van der Waals surface area contributed by atoms with Crippen LogP contribution in [-0.2, 0) is 11.3 Å². The van der Waals surface area contributed by atoms with Gasteiger partial charge in [0, 0.05) is 10.9 Å². The van der Waals surface area contributed by atoms with E-state index in [-0.39, 0.29) is 36.1 Å². The molecule has 4 saturated carbocycles. The quantitative estimate of drug-likeness (QED) is 0.550. The second kappa shape index (κ2) is 9.33. The number of hydrogen-bond acceptors (Lipinski definition) is 6. The van der Waals surface area contributed by atoms with Crippen LogP contribution in [-0.4, -0.2) is 35.3 Å². The van der Waals surface area contributed by atoms with Crippen LogP contribution in [0.5, 0.6) is 11.5 Å². The number of rotatable bonds is 8. The molecule has 7 nitrogen and oxygen atoms in total. The molecule has 2 N–H and O–H groups in total. The molecule has 6 rings (SSSR count). The summed E-state index contributed by atoms with van der Waals surface area (Å²) in [7, 11) is 0. The minimum absolute atomic E-state index is 0.0851. The van der Waals surface area contributed by atoms with Gasteiger partial charge in [0.2, 0.25) is 0 Å². The zero-order valence-electron chi connectivity index (χ0n) is 18.9. The molecule has 1 heterocycles. The Hall–Kier alpha value is -2.82. The van der Waals surface area contributed by atoms with Gasteiger partial charge >= 0.3 is 6.36 Å². The average Bonchev–Trinajstić information content (AvgIpc) is 3.24. The second-order valence-corrected chi connectivity index (χ2v) is 10.8. The van der Waals surface area contributed by atoms with Gasteiger partial charge in [0.25, 0.3) is 11.8 Å². The normalized spacial score (nSPS) is 26.9. The van der Waals surface area contributed by atoms with Crippen molar-refractivity contribution in [2.24, 2.45) is 17.8 Å². The summed E-state index contributed by atoms with van der Waals surface area (Å²) in [4.78, 5) is 29.4. The van der Waals surface area contributed by atoms with Gasteiger partial charge in [-0.3, -0.25) is 9.59 Å². The maximum atomic E-state index is 12.9. The predicted octanol–water partition coefficient (Wildman–Crippen LogP) is 4.44. The molecule has 4 bridgehead atoms. The van der Waals surface area contributed by atoms with Crippen LogP contribution in [0.15, 0.2) is 29.6 Å². The molecule has 1 aromatic carbocycles. The summed E-state index contributed by atoms with van der Waals surface area (Å²) in [6, 6.07) is 4.77. The van der Waals surface area contributed by atoms with Crippen LogP contribution in [0.4, 0.5) is 13.2 Å². The van der Waals surface area contributed by atoms with Crippen LogP contribution < -0.4 is 20.1 Å². The van der Waals surface area contributed by atoms with E-state index < -0.39 is 12.3 Å². The molecule has 0 radical (unpaired) electrons. The number of nitrogens with zero attached hydrogens (tertiary/aromatic N) is 1. The fourth-order valence-electron chi connectivity index (χ4n) is 6.18. The number of carbonyl (C=O) groups excluding carboxylic acids is 2. The maximum absolute atomic E-state index is 12.9. The van der Waals surface area contributed by atoms with Gasteiger partial charge in [0.1, 0.15) is 22.2 Å². The largest absolute Gasteiger partial charge is 0.573 e. The summed E-state index contributed by atoms with van der Waals surface area (Å²) in [6.07, 6.45) is 2.33. The summed E-state index contributed by atoms with van der Waals surface area (Å²) < 4.78 is 45.7. The standard InChI is InChI=1S/C24H26F3N3O4S/c25-24(26,27)34-18-3-1-17(2-4-18)33-12-20(31)28-11-21-29-19(13-35-21)22(32)30-23-8-14-5-15(9-23)7-16(6-14)10-23/h1-4,13-16H,5-12H2,(H,28,31)(H,30,32). The number of hydrogen-bond donors (Lipinski definition) is 2. The van der Waals surface area contributed by atoms with Crippen molar-refractivity contribution < 1.29 is 32.2 Å². The lowest BCUT2D eigenvalue weighted by Gasteiger charge is -2.56. The first-order valence-corrected chi connectivity index (χ1v) is 12.5. The Balaban J connectivity index is 1.07. The summed E-state index contributed by atoms with van der Waals surface area (Å²) in [5.41, 5.74) is 0.283. The highest BCUT2D eigenvalue weighted by atomic mass is 32.1. The van der Waals surface area contributed by atoms with Crippen molar-refractivity contribution in [1.82, 2.24) is 15.6 Å². The molecule has 4 aliphatic rings. The number of ether oxygens (including phenoxy) is 2. The van der Waals surface area contributed by atoms with Crippen LogP contribution in [0.25, 0.3) is 0 Å². The van der Waals surface area contributed by atoms with Gasteiger partial charge in [-0.1, -0.05) is 0 Å². The van der Waals surface area contributed by atoms with E-state index in [4.69, 9.17) is 4.74 Å². The van der Waals surface area contributed by atoms with Gasteiger partial charge < -0.3 is 20.1 Å². The van der Waals surface area contributed by atoms with Crippen molar-refractivity contribution in [1.29, 1.82) is 0 Å². The SMILES string of the molecule is O=C(COc1ccc(OC(F)(F)F)cc1)NCc1nc(C(=O)NC23CC4CC(CC(C4)C2)C3)cs1. The van der Waals surface area contributed by atoms with Crippen molar-refractivity contribution >= 4 is 23.2 Å². The topological polar surface area (TPSA) is 89.6 Å². The molecule has 11 heteroatoms. The molecular formula is C24H26F3N3O4S. The molecule has 35 heavy (non-hydrogen) atoms. The number of amides is 2. The molecule has 0 aliphatic heterocycles. The zero-order chi connectivity index (χ0) is 24.6. The van der Waals surface area contributed by atoms with Crippen LogP contribution in [0.1, 0.15) is 54.0 Å². The molecule has 2 amide bonds. The molecule has 1 aromatic heterocycles. The minimum atomic E-state index is -4.77. The van der Waals surface area contributed by atoms with Crippen LogP contribution >= 0.6 is 11.3 Å². The van der Waals surface area contributed by atoms with Crippen molar-refractivity contribution in [3.8, 4) is 11.5 Å². The number of alkyl halides is 3. The minimum Gasteiger partial charge on any atom is -0.484 e. The predicted molar refractivity (Wildman–Crippen MR) is 121 cm³/mol. The maximum Gasteiger partial charge on any atom is 0.573 e. The van der Waals surface area contributed by atoms with E-state index in [9.17, 15) is 22.8 Å². The Kier molecular flexibility index (Phi) is 6.37. The molecule has 2 aromatic rings. The van der Waals surface area contributed by atoms with Crippen LogP contribution in [0, 0.1) is 17.8 Å². The molecule has 4 aliphatic carbocycles. The van der Waals surface area contributed by atoms with Gasteiger partial charge in [-0.25, -0.2) is 4.98 Å². The molecular weight excluding hydrogens is 483 g/mol. The van der Waals surface area contributed by atoms with Crippen molar-refractivity contribution in [3.63, 3.8) is 0 Å². The molecule has 4 fully saturated rings. The van der Waals surface area contributed by atoms with Gasteiger partial charge in [0.15, 0.2) is 6.61 Å². The molecule has 0 atom stereocenters. The van der Waals surface area contributed by atoms with E-state index in [2.05, 4.69) is 20.4 Å². The van der Waals surface area contributed by atoms with E-state index in [1.54, 1.807) is 5.38 Å². The lowest BCUT2D eigenvalue weighted by atomic mass is 9.53. The highest BCUT2D eigenvalue weighted by molar-refractivity contribution is 7.09. The fraction of sp³-hybridized carbons (Fsp3) is 0.542. The number of halogens is 3. The van der Waals surface area contributed by atoms with E-state index in [1.165, 1.54) is 42.7 Å². The van der Waals surface area contributed by atoms with Gasteiger partial charge in [0.05, 0.1) is 6.54 Å². The highest BCUT2D eigenvalue weighted by Gasteiger charge is 2.51. The number of thiazole rings is 1. The summed E-state index contributed by atoms with van der Waals surface area (Å²) in [6.45, 7) is -0.167. The van der Waals surface area contributed by atoms with E-state index in [0.717, 1.165) is 49.1 Å². The smallest absolute Gasteiger partial charge is 0.484 e. The van der Waals surface area contributed by atoms with Gasteiger partial charge in [-0.05, 0) is 80.5 Å². The van der Waals surface area contributed by atoms with Crippen molar-refractivity contribution in [2.75, 3.05) is 6.61 Å². The first kappa shape index (κ1) is 23.9. The fourth-order valence-corrected chi connectivity index (χ4v) is 6.89. The van der Waals surface area contributed by atoms with Crippen molar-refractivity contribution in [3.05, 3.63) is 40.3 Å². The van der Waals surface area contributed by atoms with Crippen LogP contribution in [0.3, 0.4) is 0 Å². The Morgan fingerprint density at radius 3 is 2.23 bits per heavy atom. The van der Waals surface area contributed by atoms with Gasteiger partial charge in [-0.15, -0.1) is 24.5 Å². The van der Waals surface area contributed by atoms with E-state index in [1.807, 2.05) is 0 Å². The van der Waals surface area contributed by atoms with Gasteiger partial charge in [-0.2, -0.15) is 0 Å². The number of benzene rings is 1. The van der Waals surface area contributed by atoms with Crippen LogP contribution in [0.2, 0.25) is 0 Å². The lowest BCUT2D eigenvalue weighted by molar-refractivity contribution is -0.274. The summed E-state index contributed by atoms with van der Waals surface area (Å²) >= 11 is 1.30. The highest BCUT2D eigenvalue weighted by Crippen LogP contribution is 2.55. The van der Waals surface area contributed by atoms with Crippen molar-refractivity contribution in [2.45, 2.75) is 57.0 Å². The first-order chi connectivity index (χ1) is 16.6. The zero-order valence-corrected chi connectivity index (χ0v) is 19.7. The molecule has 188 valence electrons. The van der Waals surface area contributed by atoms with E-state index >= 15 is 0 Å². The molecule has 0 spiro atoms. The molecule has 0 unspecified atom stereocenters. The Morgan fingerprint density at radius 2 is 1.63 bits per heavy atom. The lowest BCUT2D eigenvalue weighted by Crippen LogP contribution is -2.59. The third kappa shape index (κ3) is 5.88. The van der Waals surface area contributed by atoms with E-state index in [0.29, 0.717) is 10.7 Å². The molecule has 0 saturated heterocycles. The second-order valence-electron chi connectivity index (χ2n) is 9.86. The Labute approximate surface area is 204 Å². The average molecular weight is 510 g/mol. The monoisotopic (exact) mass is 509 g/mol. The first-order valence-electron chi connectivity index (χ1n) is 11.7. The number of carbonyl (C=O) groups is 2. The Morgan fingerprint density at radius 1 is 1.03 bits per heavy atom.